The molecule has 0 saturated heterocycles. The van der Waals surface area contributed by atoms with Crippen LogP contribution in [0.3, 0.4) is 0 Å². The van der Waals surface area contributed by atoms with Crippen LogP contribution in [0.1, 0.15) is 38.1 Å². The quantitative estimate of drug-likeness (QED) is 0.806. The van der Waals surface area contributed by atoms with Crippen molar-refractivity contribution in [3.8, 4) is 0 Å². The first-order valence-electron chi connectivity index (χ1n) is 6.24. The topological polar surface area (TPSA) is 44.9 Å². The van der Waals surface area contributed by atoms with Crippen LogP contribution in [0, 0.1) is 5.41 Å². The third kappa shape index (κ3) is 2.55. The van der Waals surface area contributed by atoms with E-state index < -0.39 is 0 Å². The molecule has 3 heteroatoms. The van der Waals surface area contributed by atoms with Crippen molar-refractivity contribution in [1.82, 2.24) is 4.98 Å². The van der Waals surface area contributed by atoms with Crippen LogP contribution in [0.4, 0.5) is 5.82 Å². The maximum absolute atomic E-state index is 11.8. The van der Waals surface area contributed by atoms with Crippen molar-refractivity contribution in [2.75, 3.05) is 11.9 Å². The van der Waals surface area contributed by atoms with Gasteiger partial charge in [0.05, 0.1) is 5.56 Å². The van der Waals surface area contributed by atoms with Gasteiger partial charge in [-0.05, 0) is 18.4 Å². The number of hydrogen-bond acceptors (Lipinski definition) is 2. The smallest absolute Gasteiger partial charge is 0.164 e. The lowest BCUT2D eigenvalue weighted by atomic mass is 9.97. The number of para-hydroxylation sites is 1. The molecule has 0 amide bonds. The average molecular weight is 244 g/mol. The summed E-state index contributed by atoms with van der Waals surface area (Å²) < 4.78 is 0. The Hall–Kier alpha value is -1.77. The number of ketones is 1. The van der Waals surface area contributed by atoms with Gasteiger partial charge in [-0.3, -0.25) is 4.79 Å². The molecule has 96 valence electrons. The summed E-state index contributed by atoms with van der Waals surface area (Å²) in [5.41, 5.74) is 1.93. The number of carbonyl (C=O) groups is 1. The molecule has 2 aromatic rings. The Balaban J connectivity index is 2.43. The molecule has 0 saturated carbocycles. The molecule has 0 fully saturated rings. The number of rotatable bonds is 3. The fourth-order valence-corrected chi connectivity index (χ4v) is 1.99. The van der Waals surface area contributed by atoms with Crippen LogP contribution in [0.25, 0.3) is 10.9 Å². The zero-order valence-corrected chi connectivity index (χ0v) is 11.4. The number of benzene rings is 1. The molecular formula is C15H20N2O. The van der Waals surface area contributed by atoms with Crippen LogP contribution in [-0.2, 0) is 0 Å². The number of aromatic amines is 1. The summed E-state index contributed by atoms with van der Waals surface area (Å²) in [6.07, 6.45) is 0. The van der Waals surface area contributed by atoms with Gasteiger partial charge in [0.25, 0.3) is 0 Å². The first kappa shape index (κ1) is 12.7. The maximum Gasteiger partial charge on any atom is 0.164 e. The Morgan fingerprint density at radius 1 is 1.28 bits per heavy atom. The fraction of sp³-hybridized carbons (Fsp3) is 0.400. The Kier molecular flexibility index (Phi) is 3.16. The Bertz CT molecular complexity index is 576. The molecule has 0 aliphatic heterocycles. The summed E-state index contributed by atoms with van der Waals surface area (Å²) >= 11 is 0. The number of nitrogens with one attached hydrogen (secondary N) is 2. The van der Waals surface area contributed by atoms with Gasteiger partial charge >= 0.3 is 0 Å². The molecule has 1 aromatic heterocycles. The highest BCUT2D eigenvalue weighted by molar-refractivity contribution is 6.11. The monoisotopic (exact) mass is 244 g/mol. The van der Waals surface area contributed by atoms with Crippen molar-refractivity contribution >= 4 is 22.5 Å². The molecule has 2 N–H and O–H groups in total. The van der Waals surface area contributed by atoms with E-state index in [1.54, 1.807) is 6.92 Å². The predicted octanol–water partition coefficient (Wildman–Crippen LogP) is 3.83. The van der Waals surface area contributed by atoms with E-state index in [2.05, 4.69) is 31.1 Å². The second-order valence-electron chi connectivity index (χ2n) is 5.89. The summed E-state index contributed by atoms with van der Waals surface area (Å²) in [7, 11) is 0. The summed E-state index contributed by atoms with van der Waals surface area (Å²) in [5.74, 6) is 0.919. The van der Waals surface area contributed by atoms with Crippen molar-refractivity contribution in [3.05, 3.63) is 29.8 Å². The molecule has 0 aliphatic carbocycles. The van der Waals surface area contributed by atoms with E-state index in [0.717, 1.165) is 28.8 Å². The molecular weight excluding hydrogens is 224 g/mol. The van der Waals surface area contributed by atoms with Crippen molar-refractivity contribution in [2.24, 2.45) is 5.41 Å². The number of fused-ring (bicyclic) bond motifs is 1. The minimum atomic E-state index is 0.0869. The van der Waals surface area contributed by atoms with Gasteiger partial charge in [0.2, 0.25) is 0 Å². The van der Waals surface area contributed by atoms with E-state index in [0.29, 0.717) is 0 Å². The van der Waals surface area contributed by atoms with Gasteiger partial charge in [0.1, 0.15) is 5.82 Å². The van der Waals surface area contributed by atoms with Gasteiger partial charge in [-0.15, -0.1) is 0 Å². The minimum absolute atomic E-state index is 0.0869. The molecule has 0 radical (unpaired) electrons. The van der Waals surface area contributed by atoms with E-state index >= 15 is 0 Å². The van der Waals surface area contributed by atoms with Crippen LogP contribution in [0.15, 0.2) is 24.3 Å². The third-order valence-corrected chi connectivity index (χ3v) is 2.85. The fourth-order valence-electron chi connectivity index (χ4n) is 1.99. The lowest BCUT2D eigenvalue weighted by molar-refractivity contribution is 0.102. The second-order valence-corrected chi connectivity index (χ2v) is 5.89. The van der Waals surface area contributed by atoms with Crippen LogP contribution < -0.4 is 5.32 Å². The molecule has 0 atom stereocenters. The highest BCUT2D eigenvalue weighted by atomic mass is 16.1. The van der Waals surface area contributed by atoms with E-state index in [1.165, 1.54) is 0 Å². The highest BCUT2D eigenvalue weighted by Crippen LogP contribution is 2.27. The Labute approximate surface area is 108 Å². The average Bonchev–Trinajstić information content (AvgIpc) is 2.63. The molecule has 0 aliphatic rings. The van der Waals surface area contributed by atoms with Crippen LogP contribution in [0.2, 0.25) is 0 Å². The van der Waals surface area contributed by atoms with Gasteiger partial charge in [-0.1, -0.05) is 39.0 Å². The lowest BCUT2D eigenvalue weighted by Crippen LogP contribution is -2.20. The molecule has 0 unspecified atom stereocenters. The molecule has 1 heterocycles. The first-order chi connectivity index (χ1) is 8.38. The molecule has 3 nitrogen and oxygen atoms in total. The van der Waals surface area contributed by atoms with E-state index in [9.17, 15) is 4.79 Å². The molecule has 18 heavy (non-hydrogen) atoms. The number of Topliss-reactive ketones (excluding diaryl/α,β-unsaturated/α-hetero) is 1. The Morgan fingerprint density at radius 2 is 1.94 bits per heavy atom. The van der Waals surface area contributed by atoms with Crippen LogP contribution in [-0.4, -0.2) is 17.3 Å². The van der Waals surface area contributed by atoms with Crippen LogP contribution in [0.5, 0.6) is 0 Å². The summed E-state index contributed by atoms with van der Waals surface area (Å²) in [4.78, 5) is 15.1. The van der Waals surface area contributed by atoms with Crippen molar-refractivity contribution in [1.29, 1.82) is 0 Å². The van der Waals surface area contributed by atoms with Gasteiger partial charge < -0.3 is 10.3 Å². The third-order valence-electron chi connectivity index (χ3n) is 2.85. The summed E-state index contributed by atoms with van der Waals surface area (Å²) in [5, 5.41) is 4.34. The largest absolute Gasteiger partial charge is 0.370 e. The number of anilines is 1. The summed E-state index contributed by atoms with van der Waals surface area (Å²) in [6.45, 7) is 8.92. The zero-order chi connectivity index (χ0) is 13.3. The van der Waals surface area contributed by atoms with Crippen molar-refractivity contribution in [2.45, 2.75) is 27.7 Å². The first-order valence-corrected chi connectivity index (χ1v) is 6.24. The van der Waals surface area contributed by atoms with E-state index in [1.807, 2.05) is 24.3 Å². The Morgan fingerprint density at radius 3 is 2.56 bits per heavy atom. The van der Waals surface area contributed by atoms with Gasteiger partial charge in [-0.2, -0.15) is 0 Å². The van der Waals surface area contributed by atoms with Crippen molar-refractivity contribution < 1.29 is 4.79 Å². The van der Waals surface area contributed by atoms with Crippen molar-refractivity contribution in [3.63, 3.8) is 0 Å². The number of hydrogen-bond donors (Lipinski definition) is 2. The lowest BCUT2D eigenvalue weighted by Gasteiger charge is -2.19. The van der Waals surface area contributed by atoms with Gasteiger partial charge in [0, 0.05) is 17.4 Å². The number of carbonyl (C=O) groups excluding carboxylic acids is 1. The minimum Gasteiger partial charge on any atom is -0.370 e. The second kappa shape index (κ2) is 4.48. The standard InChI is InChI=1S/C15H20N2O/c1-10(18)13-11-7-5-6-8-12(11)17-14(13)16-9-15(2,3)4/h5-8,16-17H,9H2,1-4H3. The SMILES string of the molecule is CC(=O)c1c(NCC(C)(C)C)[nH]c2ccccc12. The van der Waals surface area contributed by atoms with Crippen LogP contribution >= 0.6 is 0 Å². The predicted molar refractivity (Wildman–Crippen MR) is 76.2 cm³/mol. The maximum atomic E-state index is 11.8. The molecule has 2 rings (SSSR count). The number of H-pyrrole nitrogens is 1. The van der Waals surface area contributed by atoms with E-state index in [-0.39, 0.29) is 11.2 Å². The molecule has 0 bridgehead atoms. The van der Waals surface area contributed by atoms with Gasteiger partial charge in [0.15, 0.2) is 5.78 Å². The van der Waals surface area contributed by atoms with E-state index in [4.69, 9.17) is 0 Å². The highest BCUT2D eigenvalue weighted by Gasteiger charge is 2.17. The summed E-state index contributed by atoms with van der Waals surface area (Å²) in [6, 6.07) is 7.89. The molecule has 0 spiro atoms. The zero-order valence-electron chi connectivity index (χ0n) is 11.4. The van der Waals surface area contributed by atoms with Gasteiger partial charge in [-0.25, -0.2) is 0 Å². The molecule has 1 aromatic carbocycles. The number of aromatic nitrogens is 1. The normalized spacial score (nSPS) is 11.8.